The zero-order chi connectivity index (χ0) is 18.2. The Hall–Kier alpha value is -2.28. The molecule has 1 unspecified atom stereocenters. The number of methoxy groups -OCH3 is 1. The molecule has 7 heteroatoms. The first-order valence-electron chi connectivity index (χ1n) is 8.58. The highest BCUT2D eigenvalue weighted by atomic mass is 16.5. The molecular weight excluding hydrogens is 324 g/mol. The average molecular weight is 350 g/mol. The summed E-state index contributed by atoms with van der Waals surface area (Å²) in [5, 5.41) is 11.8. The molecule has 1 heterocycles. The van der Waals surface area contributed by atoms with E-state index < -0.39 is 12.0 Å². The van der Waals surface area contributed by atoms with Crippen LogP contribution in [0.25, 0.3) is 0 Å². The summed E-state index contributed by atoms with van der Waals surface area (Å²) in [5.41, 5.74) is 0.949. The third kappa shape index (κ3) is 5.35. The second-order valence-electron chi connectivity index (χ2n) is 6.06. The maximum absolute atomic E-state index is 12.0. The monoisotopic (exact) mass is 350 g/mol. The Morgan fingerprint density at radius 3 is 2.88 bits per heavy atom. The van der Waals surface area contributed by atoms with Crippen molar-refractivity contribution in [2.75, 3.05) is 26.8 Å². The summed E-state index contributed by atoms with van der Waals surface area (Å²) in [5.74, 6) is 0.118. The first-order chi connectivity index (χ1) is 12.0. The van der Waals surface area contributed by atoms with E-state index in [4.69, 9.17) is 14.6 Å². The number of benzene rings is 1. The molecule has 1 aliphatic heterocycles. The molecule has 1 aromatic carbocycles. The number of nitrogens with zero attached hydrogens (tertiary/aromatic N) is 1. The van der Waals surface area contributed by atoms with Gasteiger partial charge in [0.1, 0.15) is 6.04 Å². The van der Waals surface area contributed by atoms with Gasteiger partial charge in [-0.15, -0.1) is 0 Å². The molecule has 1 aliphatic rings. The van der Waals surface area contributed by atoms with Gasteiger partial charge in [0.15, 0.2) is 11.5 Å². The number of carbonyl (C=O) groups excluding carboxylic acids is 1. The van der Waals surface area contributed by atoms with Crippen LogP contribution in [0.5, 0.6) is 11.5 Å². The van der Waals surface area contributed by atoms with Crippen molar-refractivity contribution in [2.45, 2.75) is 38.8 Å². The lowest BCUT2D eigenvalue weighted by atomic mass is 10.1. The fourth-order valence-electron chi connectivity index (χ4n) is 2.83. The molecule has 7 nitrogen and oxygen atoms in total. The van der Waals surface area contributed by atoms with Gasteiger partial charge >= 0.3 is 5.97 Å². The van der Waals surface area contributed by atoms with E-state index in [9.17, 15) is 9.59 Å². The SMILES string of the molecule is CCCCOc1ccc(CN2CCNC(=O)C2CC(=O)O)cc1OC. The number of carboxylic acids is 1. The molecule has 0 saturated carbocycles. The number of carboxylic acid groups (broad SMARTS) is 1. The van der Waals surface area contributed by atoms with Crippen LogP contribution in [0, 0.1) is 0 Å². The average Bonchev–Trinajstić information content (AvgIpc) is 2.59. The maximum atomic E-state index is 12.0. The predicted octanol–water partition coefficient (Wildman–Crippen LogP) is 1.65. The van der Waals surface area contributed by atoms with Crippen LogP contribution < -0.4 is 14.8 Å². The minimum absolute atomic E-state index is 0.207. The van der Waals surface area contributed by atoms with Gasteiger partial charge in [0.2, 0.25) is 5.91 Å². The number of hydrogen-bond acceptors (Lipinski definition) is 5. The largest absolute Gasteiger partial charge is 0.493 e. The summed E-state index contributed by atoms with van der Waals surface area (Å²) in [6, 6.07) is 5.01. The van der Waals surface area contributed by atoms with E-state index in [1.807, 2.05) is 23.1 Å². The lowest BCUT2D eigenvalue weighted by molar-refractivity contribution is -0.143. The summed E-state index contributed by atoms with van der Waals surface area (Å²) in [6.07, 6.45) is 1.83. The fourth-order valence-corrected chi connectivity index (χ4v) is 2.83. The van der Waals surface area contributed by atoms with E-state index in [1.165, 1.54) is 0 Å². The van der Waals surface area contributed by atoms with Gasteiger partial charge in [-0.3, -0.25) is 14.5 Å². The summed E-state index contributed by atoms with van der Waals surface area (Å²) in [6.45, 7) is 4.35. The highest BCUT2D eigenvalue weighted by Crippen LogP contribution is 2.29. The number of rotatable bonds is 9. The van der Waals surface area contributed by atoms with Gasteiger partial charge < -0.3 is 19.9 Å². The van der Waals surface area contributed by atoms with Crippen molar-refractivity contribution in [1.29, 1.82) is 0 Å². The van der Waals surface area contributed by atoms with Gasteiger partial charge in [-0.1, -0.05) is 19.4 Å². The maximum Gasteiger partial charge on any atom is 0.305 e. The second-order valence-corrected chi connectivity index (χ2v) is 6.06. The number of ether oxygens (including phenoxy) is 2. The molecule has 1 saturated heterocycles. The standard InChI is InChI=1S/C18H26N2O5/c1-3-4-9-25-15-6-5-13(10-16(15)24-2)12-20-8-7-19-18(23)14(20)11-17(21)22/h5-6,10,14H,3-4,7-9,11-12H2,1-2H3,(H,19,23)(H,21,22). The van der Waals surface area contributed by atoms with Crippen molar-refractivity contribution in [3.8, 4) is 11.5 Å². The normalized spacial score (nSPS) is 17.8. The van der Waals surface area contributed by atoms with Crippen LogP contribution in [0.3, 0.4) is 0 Å². The topological polar surface area (TPSA) is 88.1 Å². The first-order valence-corrected chi connectivity index (χ1v) is 8.58. The van der Waals surface area contributed by atoms with Crippen LogP contribution in [0.15, 0.2) is 18.2 Å². The van der Waals surface area contributed by atoms with E-state index in [1.54, 1.807) is 7.11 Å². The first kappa shape index (κ1) is 19.1. The Labute approximate surface area is 147 Å². The molecule has 0 bridgehead atoms. The lowest BCUT2D eigenvalue weighted by Crippen LogP contribution is -2.55. The Balaban J connectivity index is 2.09. The smallest absolute Gasteiger partial charge is 0.305 e. The van der Waals surface area contributed by atoms with Crippen LogP contribution >= 0.6 is 0 Å². The molecule has 0 radical (unpaired) electrons. The minimum atomic E-state index is -0.982. The molecule has 2 rings (SSSR count). The molecule has 1 fully saturated rings. The van der Waals surface area contributed by atoms with Crippen molar-refractivity contribution < 1.29 is 24.2 Å². The van der Waals surface area contributed by atoms with E-state index in [2.05, 4.69) is 12.2 Å². The molecule has 25 heavy (non-hydrogen) atoms. The third-order valence-electron chi connectivity index (χ3n) is 4.18. The number of aliphatic carboxylic acids is 1. The molecule has 0 spiro atoms. The summed E-state index contributed by atoms with van der Waals surface area (Å²) < 4.78 is 11.1. The van der Waals surface area contributed by atoms with E-state index in [0.29, 0.717) is 37.7 Å². The lowest BCUT2D eigenvalue weighted by Gasteiger charge is -2.34. The van der Waals surface area contributed by atoms with Crippen LogP contribution in [0.2, 0.25) is 0 Å². The molecule has 2 N–H and O–H groups in total. The highest BCUT2D eigenvalue weighted by molar-refractivity contribution is 5.86. The van der Waals surface area contributed by atoms with Crippen LogP contribution in [0.4, 0.5) is 0 Å². The second kappa shape index (κ2) is 9.27. The summed E-state index contributed by atoms with van der Waals surface area (Å²) in [4.78, 5) is 24.9. The van der Waals surface area contributed by atoms with Crippen molar-refractivity contribution >= 4 is 11.9 Å². The van der Waals surface area contributed by atoms with E-state index in [-0.39, 0.29) is 12.3 Å². The quantitative estimate of drug-likeness (QED) is 0.659. The van der Waals surface area contributed by atoms with Gasteiger partial charge in [-0.05, 0) is 24.1 Å². The zero-order valence-electron chi connectivity index (χ0n) is 14.8. The third-order valence-corrected chi connectivity index (χ3v) is 4.18. The highest BCUT2D eigenvalue weighted by Gasteiger charge is 2.31. The summed E-state index contributed by atoms with van der Waals surface area (Å²) in [7, 11) is 1.59. The van der Waals surface area contributed by atoms with Gasteiger partial charge in [0, 0.05) is 19.6 Å². The molecule has 138 valence electrons. The van der Waals surface area contributed by atoms with Crippen LogP contribution in [-0.2, 0) is 16.1 Å². The number of piperazine rings is 1. The van der Waals surface area contributed by atoms with Crippen LogP contribution in [0.1, 0.15) is 31.7 Å². The van der Waals surface area contributed by atoms with Gasteiger partial charge in [0.25, 0.3) is 0 Å². The number of carbonyl (C=O) groups is 2. The fraction of sp³-hybridized carbons (Fsp3) is 0.556. The molecule has 1 atom stereocenters. The number of unbranched alkanes of at least 4 members (excludes halogenated alkanes) is 1. The molecule has 0 aliphatic carbocycles. The van der Waals surface area contributed by atoms with Crippen molar-refractivity contribution in [1.82, 2.24) is 10.2 Å². The Kier molecular flexibility index (Phi) is 7.06. The van der Waals surface area contributed by atoms with Crippen molar-refractivity contribution in [3.05, 3.63) is 23.8 Å². The zero-order valence-corrected chi connectivity index (χ0v) is 14.8. The number of hydrogen-bond donors (Lipinski definition) is 2. The van der Waals surface area contributed by atoms with Gasteiger partial charge in [-0.2, -0.15) is 0 Å². The number of nitrogens with one attached hydrogen (secondary N) is 1. The van der Waals surface area contributed by atoms with E-state index >= 15 is 0 Å². The molecule has 1 amide bonds. The minimum Gasteiger partial charge on any atom is -0.493 e. The molecule has 0 aromatic heterocycles. The van der Waals surface area contributed by atoms with Gasteiger partial charge in [-0.25, -0.2) is 0 Å². The van der Waals surface area contributed by atoms with Crippen molar-refractivity contribution in [3.63, 3.8) is 0 Å². The van der Waals surface area contributed by atoms with Crippen molar-refractivity contribution in [2.24, 2.45) is 0 Å². The Morgan fingerprint density at radius 2 is 2.20 bits per heavy atom. The van der Waals surface area contributed by atoms with Gasteiger partial charge in [0.05, 0.1) is 20.1 Å². The molecular formula is C18H26N2O5. The predicted molar refractivity (Wildman–Crippen MR) is 92.9 cm³/mol. The molecule has 1 aromatic rings. The summed E-state index contributed by atoms with van der Waals surface area (Å²) >= 11 is 0. The number of amides is 1. The van der Waals surface area contributed by atoms with E-state index in [0.717, 1.165) is 18.4 Å². The Morgan fingerprint density at radius 1 is 1.40 bits per heavy atom. The van der Waals surface area contributed by atoms with Crippen LogP contribution in [-0.4, -0.2) is 54.7 Å². The Bertz CT molecular complexity index is 605.